The highest BCUT2D eigenvalue weighted by Crippen LogP contribution is 2.45. The summed E-state index contributed by atoms with van der Waals surface area (Å²) in [7, 11) is 3.12. The zero-order valence-corrected chi connectivity index (χ0v) is 23.3. The van der Waals surface area contributed by atoms with Gasteiger partial charge in [0.05, 0.1) is 47.6 Å². The maximum Gasteiger partial charge on any atom is 0.271 e. The van der Waals surface area contributed by atoms with E-state index in [4.69, 9.17) is 33.3 Å². The highest BCUT2D eigenvalue weighted by molar-refractivity contribution is 7.80. The maximum absolute atomic E-state index is 11.6. The molecule has 0 unspecified atom stereocenters. The van der Waals surface area contributed by atoms with Crippen LogP contribution in [0.3, 0.4) is 0 Å². The smallest absolute Gasteiger partial charge is 0.271 e. The second-order valence-corrected chi connectivity index (χ2v) is 9.88. The van der Waals surface area contributed by atoms with E-state index in [-0.39, 0.29) is 17.8 Å². The number of anilines is 1. The largest absolute Gasteiger partial charge is 0.495 e. The number of rotatable bonds is 7. The van der Waals surface area contributed by atoms with Gasteiger partial charge in [0.1, 0.15) is 11.5 Å². The van der Waals surface area contributed by atoms with Gasteiger partial charge in [-0.05, 0) is 74.1 Å². The van der Waals surface area contributed by atoms with Gasteiger partial charge in [0, 0.05) is 35.4 Å². The Morgan fingerprint density at radius 1 is 1.05 bits per heavy atom. The molecule has 39 heavy (non-hydrogen) atoms. The van der Waals surface area contributed by atoms with Crippen molar-refractivity contribution >= 4 is 40.3 Å². The molecule has 200 valence electrons. The van der Waals surface area contributed by atoms with Crippen LogP contribution in [0, 0.1) is 24.0 Å². The average Bonchev–Trinajstić information content (AvgIpc) is 3.43. The molecule has 2 atom stereocenters. The van der Waals surface area contributed by atoms with Crippen molar-refractivity contribution in [1.82, 2.24) is 14.9 Å². The van der Waals surface area contributed by atoms with E-state index in [0.717, 1.165) is 28.3 Å². The Balaban J connectivity index is 1.71. The molecule has 1 N–H and O–H groups in total. The number of nitro groups is 1. The fourth-order valence-electron chi connectivity index (χ4n) is 5.18. The molecule has 1 aliphatic heterocycles. The normalized spacial score (nSPS) is 16.7. The van der Waals surface area contributed by atoms with Crippen molar-refractivity contribution in [1.29, 1.82) is 0 Å². The van der Waals surface area contributed by atoms with Gasteiger partial charge in [0.25, 0.3) is 5.69 Å². The summed E-state index contributed by atoms with van der Waals surface area (Å²) in [6.45, 7) is 3.94. The van der Waals surface area contributed by atoms with Crippen LogP contribution in [0.2, 0.25) is 5.02 Å². The van der Waals surface area contributed by atoms with Crippen LogP contribution in [0.5, 0.6) is 11.5 Å². The zero-order chi connectivity index (χ0) is 27.8. The first-order valence-corrected chi connectivity index (χ1v) is 12.9. The molecule has 3 heterocycles. The lowest BCUT2D eigenvalue weighted by atomic mass is 9.96. The van der Waals surface area contributed by atoms with E-state index in [1.807, 2.05) is 59.7 Å². The molecule has 2 aromatic carbocycles. The number of ether oxygens (including phenoxy) is 2. The molecular weight excluding hydrogens is 538 g/mol. The molecule has 1 saturated heterocycles. The van der Waals surface area contributed by atoms with Gasteiger partial charge in [-0.15, -0.1) is 0 Å². The van der Waals surface area contributed by atoms with Crippen molar-refractivity contribution in [3.8, 4) is 17.2 Å². The summed E-state index contributed by atoms with van der Waals surface area (Å²) in [6, 6.07) is 17.4. The van der Waals surface area contributed by atoms with Gasteiger partial charge < -0.3 is 24.3 Å². The second-order valence-electron chi connectivity index (χ2n) is 9.09. The lowest BCUT2D eigenvalue weighted by Gasteiger charge is -2.28. The van der Waals surface area contributed by atoms with Crippen LogP contribution in [-0.4, -0.2) is 33.8 Å². The Kier molecular flexibility index (Phi) is 7.16. The standard InChI is InChI=1S/C28H26ClN5O4S/c1-16-13-20(17(2)32(16)23-15-19(34(35)36)9-11-25(23)38-4)27-26(22-7-5-6-12-30-22)31-28(39)33(27)18-8-10-24(37-3)21(29)14-18/h5-15,26-27H,1-4H3,(H,31,39)/t26-,27-/m0/s1. The first kappa shape index (κ1) is 26.5. The molecule has 0 bridgehead atoms. The molecule has 0 aliphatic carbocycles. The fraction of sp³-hybridized carbons (Fsp3) is 0.214. The molecule has 4 aromatic rings. The molecule has 1 fully saturated rings. The van der Waals surface area contributed by atoms with Crippen LogP contribution in [-0.2, 0) is 0 Å². The van der Waals surface area contributed by atoms with E-state index in [1.165, 1.54) is 12.1 Å². The minimum Gasteiger partial charge on any atom is -0.495 e. The van der Waals surface area contributed by atoms with E-state index < -0.39 is 4.92 Å². The van der Waals surface area contributed by atoms with Crippen LogP contribution in [0.15, 0.2) is 66.9 Å². The second kappa shape index (κ2) is 10.5. The third-order valence-electron chi connectivity index (χ3n) is 6.91. The number of thiocarbonyl (C=S) groups is 1. The van der Waals surface area contributed by atoms with Crippen molar-refractivity contribution in [3.63, 3.8) is 0 Å². The van der Waals surface area contributed by atoms with E-state index >= 15 is 0 Å². The van der Waals surface area contributed by atoms with Gasteiger partial charge in [0.2, 0.25) is 0 Å². The van der Waals surface area contributed by atoms with Gasteiger partial charge in [-0.3, -0.25) is 15.1 Å². The third-order valence-corrected chi connectivity index (χ3v) is 7.52. The number of non-ortho nitro benzene ring substituents is 1. The van der Waals surface area contributed by atoms with E-state index in [1.54, 1.807) is 26.5 Å². The highest BCUT2D eigenvalue weighted by Gasteiger charge is 2.42. The van der Waals surface area contributed by atoms with Crippen molar-refractivity contribution in [3.05, 3.63) is 105 Å². The SMILES string of the molecule is COc1ccc(N2C(=S)N[C@@H](c3ccccn3)[C@@H]2c2cc(C)n(-c3cc([N+](=O)[O-])ccc3OC)c2C)cc1Cl. The quantitative estimate of drug-likeness (QED) is 0.160. The minimum absolute atomic E-state index is 0.0237. The minimum atomic E-state index is -0.413. The lowest BCUT2D eigenvalue weighted by molar-refractivity contribution is -0.384. The number of hydrogen-bond acceptors (Lipinski definition) is 6. The first-order chi connectivity index (χ1) is 18.7. The Labute approximate surface area is 236 Å². The van der Waals surface area contributed by atoms with Gasteiger partial charge >= 0.3 is 0 Å². The predicted molar refractivity (Wildman–Crippen MR) is 154 cm³/mol. The number of methoxy groups -OCH3 is 2. The summed E-state index contributed by atoms with van der Waals surface area (Å²) < 4.78 is 12.9. The monoisotopic (exact) mass is 563 g/mol. The summed E-state index contributed by atoms with van der Waals surface area (Å²) in [5.41, 5.74) is 4.90. The molecule has 9 nitrogen and oxygen atoms in total. The molecule has 5 rings (SSSR count). The van der Waals surface area contributed by atoms with E-state index in [0.29, 0.717) is 27.3 Å². The maximum atomic E-state index is 11.6. The summed E-state index contributed by atoms with van der Waals surface area (Å²) in [6.07, 6.45) is 1.75. The number of pyridine rings is 1. The number of nitrogens with one attached hydrogen (secondary N) is 1. The third kappa shape index (κ3) is 4.66. The zero-order valence-electron chi connectivity index (χ0n) is 21.7. The molecule has 2 aromatic heterocycles. The van der Waals surface area contributed by atoms with Crippen molar-refractivity contribution in [2.45, 2.75) is 25.9 Å². The van der Waals surface area contributed by atoms with Crippen LogP contribution in [0.4, 0.5) is 11.4 Å². The first-order valence-electron chi connectivity index (χ1n) is 12.1. The van der Waals surface area contributed by atoms with Crippen molar-refractivity contribution in [2.24, 2.45) is 0 Å². The van der Waals surface area contributed by atoms with Crippen LogP contribution in [0.25, 0.3) is 5.69 Å². The topological polar surface area (TPSA) is 94.7 Å². The predicted octanol–water partition coefficient (Wildman–Crippen LogP) is 6.25. The molecule has 0 saturated carbocycles. The number of hydrogen-bond donors (Lipinski definition) is 1. The Morgan fingerprint density at radius 3 is 2.44 bits per heavy atom. The average molecular weight is 564 g/mol. The number of nitro benzene ring substituents is 1. The Morgan fingerprint density at radius 2 is 1.79 bits per heavy atom. The summed E-state index contributed by atoms with van der Waals surface area (Å²) in [4.78, 5) is 17.8. The van der Waals surface area contributed by atoms with Crippen LogP contribution >= 0.6 is 23.8 Å². The van der Waals surface area contributed by atoms with Gasteiger partial charge in [-0.25, -0.2) is 0 Å². The number of aryl methyl sites for hydroxylation is 1. The number of nitrogens with zero attached hydrogens (tertiary/aromatic N) is 4. The summed E-state index contributed by atoms with van der Waals surface area (Å²) in [5, 5.41) is 16.0. The molecule has 0 amide bonds. The molecule has 0 radical (unpaired) electrons. The fourth-order valence-corrected chi connectivity index (χ4v) is 5.78. The van der Waals surface area contributed by atoms with Crippen LogP contribution < -0.4 is 19.7 Å². The summed E-state index contributed by atoms with van der Waals surface area (Å²) in [5.74, 6) is 1.08. The molecule has 1 aliphatic rings. The molecule has 11 heteroatoms. The lowest BCUT2D eigenvalue weighted by Crippen LogP contribution is -2.29. The van der Waals surface area contributed by atoms with Crippen LogP contribution in [0.1, 0.15) is 34.7 Å². The van der Waals surface area contributed by atoms with Gasteiger partial charge in [-0.1, -0.05) is 17.7 Å². The summed E-state index contributed by atoms with van der Waals surface area (Å²) >= 11 is 12.4. The van der Waals surface area contributed by atoms with E-state index in [2.05, 4.69) is 16.4 Å². The van der Waals surface area contributed by atoms with E-state index in [9.17, 15) is 10.1 Å². The van der Waals surface area contributed by atoms with Gasteiger partial charge in [0.15, 0.2) is 5.11 Å². The number of benzene rings is 2. The Hall–Kier alpha value is -4.15. The number of aromatic nitrogens is 2. The molecular formula is C28H26ClN5O4S. The Bertz CT molecular complexity index is 1580. The van der Waals surface area contributed by atoms with Crippen molar-refractivity contribution in [2.75, 3.05) is 19.1 Å². The highest BCUT2D eigenvalue weighted by atomic mass is 35.5. The number of halogens is 1. The van der Waals surface area contributed by atoms with Gasteiger partial charge in [-0.2, -0.15) is 0 Å². The van der Waals surface area contributed by atoms with Crippen molar-refractivity contribution < 1.29 is 14.4 Å². The molecule has 0 spiro atoms.